The van der Waals surface area contributed by atoms with Gasteiger partial charge < -0.3 is 10.4 Å². The normalized spacial score (nSPS) is 10.3. The van der Waals surface area contributed by atoms with E-state index in [0.29, 0.717) is 29.3 Å². The summed E-state index contributed by atoms with van der Waals surface area (Å²) in [6.45, 7) is 0. The van der Waals surface area contributed by atoms with Crippen molar-refractivity contribution in [3.63, 3.8) is 0 Å². The molecule has 4 rings (SSSR count). The van der Waals surface area contributed by atoms with Crippen LogP contribution in [-0.4, -0.2) is 21.0 Å². The highest BCUT2D eigenvalue weighted by molar-refractivity contribution is 5.92. The van der Waals surface area contributed by atoms with Crippen LogP contribution in [-0.2, 0) is 17.6 Å². The molecule has 0 aliphatic carbocycles. The van der Waals surface area contributed by atoms with Crippen LogP contribution in [0, 0.1) is 0 Å². The molecule has 0 saturated carbocycles. The molecule has 0 radical (unpaired) electrons. The third kappa shape index (κ3) is 5.72. The molecule has 8 heteroatoms. The maximum Gasteiger partial charge on any atom is 0.229 e. The smallest absolute Gasteiger partial charge is 0.229 e. The minimum Gasteiger partial charge on any atom is -0.508 e. The van der Waals surface area contributed by atoms with E-state index in [0.717, 1.165) is 16.7 Å². The molecule has 33 heavy (non-hydrogen) atoms. The van der Waals surface area contributed by atoms with Gasteiger partial charge in [-0.1, -0.05) is 59.7 Å². The molecular weight excluding hydrogens is 416 g/mol. The highest BCUT2D eigenvalue weighted by atomic mass is 16.3. The van der Waals surface area contributed by atoms with E-state index in [1.807, 2.05) is 30.3 Å². The van der Waals surface area contributed by atoms with Crippen LogP contribution in [0.3, 0.4) is 0 Å². The Morgan fingerprint density at radius 2 is 1.70 bits per heavy atom. The van der Waals surface area contributed by atoms with Crippen LogP contribution in [0.15, 0.2) is 90.2 Å². The molecule has 4 aromatic rings. The first kappa shape index (κ1) is 21.5. The second kappa shape index (κ2) is 10.1. The van der Waals surface area contributed by atoms with Crippen molar-refractivity contribution < 1.29 is 9.90 Å². The topological polar surface area (TPSA) is 124 Å². The summed E-state index contributed by atoms with van der Waals surface area (Å²) in [5.41, 5.74) is 12.9. The van der Waals surface area contributed by atoms with Crippen molar-refractivity contribution in [2.75, 3.05) is 5.32 Å². The number of nitrogens with one attached hydrogen (secondary N) is 1. The number of aromatic hydroxyl groups is 1. The molecule has 0 atom stereocenters. The Morgan fingerprint density at radius 3 is 2.39 bits per heavy atom. The van der Waals surface area contributed by atoms with Crippen LogP contribution in [0.4, 0.5) is 11.5 Å². The van der Waals surface area contributed by atoms with E-state index >= 15 is 0 Å². The lowest BCUT2D eigenvalue weighted by Gasteiger charge is -2.12. The number of amides is 1. The standard InChI is InChI=1S/C25H20N6O2/c26-31-30-20-10-6-18(7-11-20)15-24(33)29-25-22(14-17-4-2-1-3-5-17)28-23(16-27-25)19-8-12-21(32)13-9-19/h1-13,16,32H,14-15H2,(H,27,29,33). The van der Waals surface area contributed by atoms with Crippen molar-refractivity contribution in [3.05, 3.63) is 112 Å². The molecular formula is C25H20N6O2. The van der Waals surface area contributed by atoms with Gasteiger partial charge in [0.15, 0.2) is 5.82 Å². The van der Waals surface area contributed by atoms with Gasteiger partial charge in [-0.2, -0.15) is 0 Å². The minimum atomic E-state index is -0.229. The predicted octanol–water partition coefficient (Wildman–Crippen LogP) is 5.56. The fraction of sp³-hybridized carbons (Fsp3) is 0.0800. The lowest BCUT2D eigenvalue weighted by molar-refractivity contribution is -0.115. The van der Waals surface area contributed by atoms with Crippen LogP contribution >= 0.6 is 0 Å². The lowest BCUT2D eigenvalue weighted by Crippen LogP contribution is -2.17. The SMILES string of the molecule is [N-]=[N+]=Nc1ccc(CC(=O)Nc2ncc(-c3ccc(O)cc3)nc2Cc2ccccc2)cc1. The van der Waals surface area contributed by atoms with E-state index in [9.17, 15) is 9.90 Å². The fourth-order valence-corrected chi connectivity index (χ4v) is 3.31. The number of rotatable bonds is 7. The number of phenols is 1. The van der Waals surface area contributed by atoms with Gasteiger partial charge >= 0.3 is 0 Å². The number of carbonyl (C=O) groups is 1. The molecule has 1 amide bonds. The van der Waals surface area contributed by atoms with Gasteiger partial charge in [0.25, 0.3) is 0 Å². The summed E-state index contributed by atoms with van der Waals surface area (Å²) >= 11 is 0. The first-order chi connectivity index (χ1) is 16.1. The molecule has 1 heterocycles. The quantitative estimate of drug-likeness (QED) is 0.223. The van der Waals surface area contributed by atoms with Crippen molar-refractivity contribution in [1.82, 2.24) is 9.97 Å². The van der Waals surface area contributed by atoms with E-state index in [1.165, 1.54) is 0 Å². The average Bonchev–Trinajstić information content (AvgIpc) is 2.83. The van der Waals surface area contributed by atoms with Crippen LogP contribution in [0.5, 0.6) is 5.75 Å². The zero-order valence-electron chi connectivity index (χ0n) is 17.6. The predicted molar refractivity (Wildman–Crippen MR) is 126 cm³/mol. The van der Waals surface area contributed by atoms with Gasteiger partial charge in [-0.25, -0.2) is 9.97 Å². The summed E-state index contributed by atoms with van der Waals surface area (Å²) in [5, 5.41) is 16.0. The zero-order chi connectivity index (χ0) is 23.0. The first-order valence-electron chi connectivity index (χ1n) is 10.2. The Hall–Kier alpha value is -4.68. The van der Waals surface area contributed by atoms with Crippen molar-refractivity contribution in [3.8, 4) is 17.0 Å². The molecule has 2 N–H and O–H groups in total. The van der Waals surface area contributed by atoms with Gasteiger partial charge in [-0.3, -0.25) is 4.79 Å². The molecule has 0 fully saturated rings. The number of anilines is 1. The fourth-order valence-electron chi connectivity index (χ4n) is 3.31. The van der Waals surface area contributed by atoms with E-state index in [4.69, 9.17) is 10.5 Å². The third-order valence-corrected chi connectivity index (χ3v) is 4.94. The summed E-state index contributed by atoms with van der Waals surface area (Å²) in [5.74, 6) is 0.345. The number of azide groups is 1. The molecule has 0 aliphatic heterocycles. The second-order valence-electron chi connectivity index (χ2n) is 7.34. The maximum atomic E-state index is 12.7. The van der Waals surface area contributed by atoms with Crippen molar-refractivity contribution >= 4 is 17.4 Å². The number of nitrogens with zero attached hydrogens (tertiary/aromatic N) is 5. The molecule has 0 bridgehead atoms. The number of hydrogen-bond acceptors (Lipinski definition) is 5. The Labute approximate surface area is 190 Å². The van der Waals surface area contributed by atoms with Crippen LogP contribution < -0.4 is 5.32 Å². The molecule has 0 unspecified atom stereocenters. The number of phenolic OH excluding ortho intramolecular Hbond substituents is 1. The maximum absolute atomic E-state index is 12.7. The second-order valence-corrected chi connectivity index (χ2v) is 7.34. The molecule has 8 nitrogen and oxygen atoms in total. The summed E-state index contributed by atoms with van der Waals surface area (Å²) in [6.07, 6.45) is 2.24. The van der Waals surface area contributed by atoms with E-state index in [2.05, 4.69) is 20.3 Å². The van der Waals surface area contributed by atoms with Gasteiger partial charge in [0.1, 0.15) is 5.75 Å². The van der Waals surface area contributed by atoms with Crippen LogP contribution in [0.2, 0.25) is 0 Å². The summed E-state index contributed by atoms with van der Waals surface area (Å²) in [6, 6.07) is 23.4. The Balaban J connectivity index is 1.58. The Kier molecular flexibility index (Phi) is 6.59. The summed E-state index contributed by atoms with van der Waals surface area (Å²) in [7, 11) is 0. The summed E-state index contributed by atoms with van der Waals surface area (Å²) in [4.78, 5) is 24.7. The Morgan fingerprint density at radius 1 is 0.970 bits per heavy atom. The van der Waals surface area contributed by atoms with Crippen molar-refractivity contribution in [1.29, 1.82) is 0 Å². The van der Waals surface area contributed by atoms with Gasteiger partial charge in [0.2, 0.25) is 5.91 Å². The average molecular weight is 436 g/mol. The molecule has 1 aromatic heterocycles. The van der Waals surface area contributed by atoms with Gasteiger partial charge in [0, 0.05) is 22.6 Å². The number of hydrogen-bond donors (Lipinski definition) is 2. The van der Waals surface area contributed by atoms with Crippen LogP contribution in [0.25, 0.3) is 21.7 Å². The Bertz CT molecular complexity index is 1300. The number of carbonyl (C=O) groups excluding carboxylic acids is 1. The molecule has 0 saturated heterocycles. The van der Waals surface area contributed by atoms with E-state index < -0.39 is 0 Å². The van der Waals surface area contributed by atoms with Gasteiger partial charge in [0.05, 0.1) is 24.0 Å². The molecule has 162 valence electrons. The molecule has 0 aliphatic rings. The lowest BCUT2D eigenvalue weighted by atomic mass is 10.1. The summed E-state index contributed by atoms with van der Waals surface area (Å²) < 4.78 is 0. The van der Waals surface area contributed by atoms with Crippen molar-refractivity contribution in [2.45, 2.75) is 12.8 Å². The largest absolute Gasteiger partial charge is 0.508 e. The van der Waals surface area contributed by atoms with Gasteiger partial charge in [-0.15, -0.1) is 0 Å². The highest BCUT2D eigenvalue weighted by Gasteiger charge is 2.13. The monoisotopic (exact) mass is 436 g/mol. The van der Waals surface area contributed by atoms with E-state index in [1.54, 1.807) is 54.7 Å². The molecule has 3 aromatic carbocycles. The van der Waals surface area contributed by atoms with Gasteiger partial charge in [-0.05, 0) is 40.9 Å². The third-order valence-electron chi connectivity index (χ3n) is 4.94. The number of aromatic nitrogens is 2. The first-order valence-corrected chi connectivity index (χ1v) is 10.2. The highest BCUT2D eigenvalue weighted by Crippen LogP contribution is 2.24. The van der Waals surface area contributed by atoms with E-state index in [-0.39, 0.29) is 18.1 Å². The van der Waals surface area contributed by atoms with Crippen LogP contribution in [0.1, 0.15) is 16.8 Å². The number of benzene rings is 3. The zero-order valence-corrected chi connectivity index (χ0v) is 17.6. The van der Waals surface area contributed by atoms with Crippen molar-refractivity contribution in [2.24, 2.45) is 5.11 Å². The minimum absolute atomic E-state index is 0.142. The molecule has 0 spiro atoms.